The summed E-state index contributed by atoms with van der Waals surface area (Å²) in [6.45, 7) is 11.5. The van der Waals surface area contributed by atoms with Crippen LogP contribution < -0.4 is 4.74 Å². The average Bonchev–Trinajstić information content (AvgIpc) is 1.22. The Balaban J connectivity index is 0.000000192. The van der Waals surface area contributed by atoms with Crippen molar-refractivity contribution in [3.8, 4) is 63.2 Å². The van der Waals surface area contributed by atoms with Crippen molar-refractivity contribution in [1.29, 1.82) is 0 Å². The third kappa shape index (κ3) is 25.3. The summed E-state index contributed by atoms with van der Waals surface area (Å²) in [6.07, 6.45) is 19.4. The van der Waals surface area contributed by atoms with E-state index in [1.54, 1.807) is 122 Å². The minimum atomic E-state index is -0.370. The second kappa shape index (κ2) is 38.7. The number of methoxy groups -OCH3 is 1. The summed E-state index contributed by atoms with van der Waals surface area (Å²) in [5, 5.41) is 102. The maximum atomic E-state index is 12.2. The molecule has 0 amide bonds. The number of carbonyl (C=O) groups is 2. The van der Waals surface area contributed by atoms with Gasteiger partial charge < -0.3 is 60.9 Å². The Bertz CT molecular complexity index is 4180. The Kier molecular flexibility index (Phi) is 29.4. The zero-order valence-corrected chi connectivity index (χ0v) is 53.7. The number of aryl methyl sites for hydroxylation is 2. The lowest BCUT2D eigenvalue weighted by atomic mass is 9.91. The molecule has 0 heterocycles. The second-order valence-corrected chi connectivity index (χ2v) is 22.0. The van der Waals surface area contributed by atoms with Crippen molar-refractivity contribution in [2.75, 3.05) is 7.11 Å². The number of rotatable bonds is 22. The molecule has 0 aliphatic carbocycles. The van der Waals surface area contributed by atoms with Crippen LogP contribution in [0.1, 0.15) is 101 Å². The highest BCUT2D eigenvalue weighted by molar-refractivity contribution is 6.08. The van der Waals surface area contributed by atoms with Crippen LogP contribution in [0.15, 0.2) is 287 Å². The van der Waals surface area contributed by atoms with E-state index in [2.05, 4.69) is 25.8 Å². The topological polar surface area (TPSA) is 266 Å². The number of aromatic hydroxyl groups is 10. The highest BCUT2D eigenvalue weighted by Gasteiger charge is 2.15. The van der Waals surface area contributed by atoms with Gasteiger partial charge in [0, 0.05) is 41.9 Å². The van der Waals surface area contributed by atoms with Crippen molar-refractivity contribution in [2.45, 2.75) is 50.0 Å². The summed E-state index contributed by atoms with van der Waals surface area (Å²) in [5.74, 6) is 1.86. The van der Waals surface area contributed by atoms with E-state index in [0.717, 1.165) is 69.8 Å². The molecule has 1 unspecified atom stereocenters. The summed E-state index contributed by atoms with van der Waals surface area (Å²) >= 11 is 0. The van der Waals surface area contributed by atoms with Crippen molar-refractivity contribution in [3.05, 3.63) is 348 Å². The van der Waals surface area contributed by atoms with E-state index in [-0.39, 0.29) is 99.0 Å². The molecule has 0 radical (unpaired) electrons. The molecule has 10 aromatic rings. The molecule has 10 rings (SSSR count). The van der Waals surface area contributed by atoms with Crippen LogP contribution in [0.5, 0.6) is 63.2 Å². The molecule has 0 aliphatic rings. The quantitative estimate of drug-likeness (QED) is 0.0171. The summed E-state index contributed by atoms with van der Waals surface area (Å²) in [6, 6.07) is 64.7. The molecule has 14 heteroatoms. The fourth-order valence-corrected chi connectivity index (χ4v) is 9.42. The number of Topliss-reactive ketones (excluding diaryl/α,β-unsaturated/α-hetero) is 1. The monoisotopic (exact) mass is 1300 g/mol. The zero-order valence-electron chi connectivity index (χ0n) is 53.7. The molecular weight excluding hydrogens is 1220 g/mol. The van der Waals surface area contributed by atoms with Gasteiger partial charge in [-0.25, -0.2) is 0 Å². The molecule has 10 aromatic carbocycles. The van der Waals surface area contributed by atoms with Crippen LogP contribution in [0.25, 0.3) is 18.2 Å². The Hall–Kier alpha value is -12.3. The first-order valence-electron chi connectivity index (χ1n) is 30.9. The van der Waals surface area contributed by atoms with Crippen LogP contribution in [0.4, 0.5) is 0 Å². The van der Waals surface area contributed by atoms with Gasteiger partial charge in [-0.2, -0.15) is 0 Å². The zero-order chi connectivity index (χ0) is 70.1. The number of aliphatic hydroxyl groups is 1. The minimum Gasteiger partial charge on any atom is -0.508 e. The predicted octanol–water partition coefficient (Wildman–Crippen LogP) is 17.6. The van der Waals surface area contributed by atoms with Crippen LogP contribution >= 0.6 is 0 Å². The van der Waals surface area contributed by atoms with Crippen molar-refractivity contribution in [3.63, 3.8) is 0 Å². The number of phenols is 10. The minimum absolute atomic E-state index is 0.0111. The van der Waals surface area contributed by atoms with Gasteiger partial charge in [0.05, 0.1) is 19.3 Å². The maximum Gasteiger partial charge on any atom is 0.189 e. The third-order valence-corrected chi connectivity index (χ3v) is 15.0. The van der Waals surface area contributed by atoms with Gasteiger partial charge in [0.25, 0.3) is 0 Å². The first-order chi connectivity index (χ1) is 46.8. The fraction of sp³-hybridized carbons (Fsp3) is 0.108. The lowest BCUT2D eigenvalue weighted by Gasteiger charge is -2.12. The number of benzene rings is 10. The molecule has 496 valence electrons. The van der Waals surface area contributed by atoms with E-state index in [1.807, 2.05) is 115 Å². The lowest BCUT2D eigenvalue weighted by Crippen LogP contribution is -2.05. The van der Waals surface area contributed by atoms with Gasteiger partial charge in [-0.05, 0) is 191 Å². The molecule has 0 fully saturated rings. The molecule has 3 atom stereocenters. The third-order valence-electron chi connectivity index (χ3n) is 15.0. The van der Waals surface area contributed by atoms with Gasteiger partial charge in [0.1, 0.15) is 63.2 Å². The fourth-order valence-electron chi connectivity index (χ4n) is 9.42. The number of ketones is 2. The van der Waals surface area contributed by atoms with E-state index >= 15 is 0 Å². The molecule has 97 heavy (non-hydrogen) atoms. The average molecular weight is 1300 g/mol. The summed E-state index contributed by atoms with van der Waals surface area (Å²) in [5.41, 5.74) is 9.64. The molecule has 0 saturated carbocycles. The van der Waals surface area contributed by atoms with Gasteiger partial charge in [0.2, 0.25) is 0 Å². The number of ether oxygens (including phenoxy) is 1. The van der Waals surface area contributed by atoms with Gasteiger partial charge in [-0.15, -0.1) is 19.7 Å². The van der Waals surface area contributed by atoms with Crippen LogP contribution in [-0.2, 0) is 19.4 Å². The molecule has 11 N–H and O–H groups in total. The van der Waals surface area contributed by atoms with E-state index < -0.39 is 0 Å². The smallest absolute Gasteiger partial charge is 0.189 e. The molecule has 0 aliphatic heterocycles. The largest absolute Gasteiger partial charge is 0.508 e. The normalized spacial score (nSPS) is 11.6. The van der Waals surface area contributed by atoms with Crippen molar-refractivity contribution in [2.24, 2.45) is 0 Å². The van der Waals surface area contributed by atoms with E-state index in [0.29, 0.717) is 17.7 Å². The maximum absolute atomic E-state index is 12.2. The van der Waals surface area contributed by atoms with E-state index in [4.69, 9.17) is 20.1 Å². The first kappa shape index (κ1) is 73.8. The second-order valence-electron chi connectivity index (χ2n) is 22.0. The number of hydrogen-bond donors (Lipinski definition) is 11. The molecule has 0 spiro atoms. The van der Waals surface area contributed by atoms with Gasteiger partial charge in [-0.1, -0.05) is 152 Å². The van der Waals surface area contributed by atoms with Crippen LogP contribution in [0.3, 0.4) is 0 Å². The van der Waals surface area contributed by atoms with Gasteiger partial charge in [-0.3, -0.25) is 9.59 Å². The Morgan fingerprint density at radius 2 is 0.814 bits per heavy atom. The number of allylic oxidation sites excluding steroid dienone is 6. The standard InChI is InChI=1S/C18H18O2.C17H16O3.C17H16O2.C16H18O3.C15H12O4/c1-2-16(17-9-11-18(20)12-10-17)8-7-14-3-5-15(13-19)6-4-14;1-2-12(13-3-7-15(18)8-4-13)11-17(20)14-5-9-16(19)10-6-14;1-2-14(15-7-11-17(19)12-8-15)6-3-13-4-9-16(18)10-5-13;1-19-15-10-7-13(16(18)11-15)4-2-3-12-5-8-14(17)9-6-12;16-11-4-1-10(2-5-11)3-8-14(18)13-7-6-12(17)9-15(13)19/h2-12,16,19-20H,1,13H2;2-10,12,18-19H,1,11H2;2-12,14,18-19H,1H2;5-11,17-18H,2-4H2,1H3;1-9,16-17,19H/b8-7-;;6-3-;;8-3+/t16-;;14-;;/m1.1../s1. The van der Waals surface area contributed by atoms with E-state index in [1.165, 1.54) is 48.0 Å². The van der Waals surface area contributed by atoms with Crippen molar-refractivity contribution < 1.29 is 70.5 Å². The Labute approximate surface area is 565 Å². The molecule has 0 saturated heterocycles. The summed E-state index contributed by atoms with van der Waals surface area (Å²) in [7, 11) is 1.58. The van der Waals surface area contributed by atoms with E-state index in [9.17, 15) is 50.4 Å². The van der Waals surface area contributed by atoms with Crippen molar-refractivity contribution >= 4 is 29.8 Å². The Morgan fingerprint density at radius 1 is 0.412 bits per heavy atom. The van der Waals surface area contributed by atoms with Gasteiger partial charge in [0.15, 0.2) is 11.6 Å². The van der Waals surface area contributed by atoms with Gasteiger partial charge >= 0.3 is 0 Å². The molecule has 0 bridgehead atoms. The predicted molar refractivity (Wildman–Crippen MR) is 385 cm³/mol. The summed E-state index contributed by atoms with van der Waals surface area (Å²) < 4.78 is 5.05. The van der Waals surface area contributed by atoms with Crippen LogP contribution in [0, 0.1) is 0 Å². The summed E-state index contributed by atoms with van der Waals surface area (Å²) in [4.78, 5) is 24.0. The SMILES string of the molecule is C=CC(CC(=O)c1ccc(O)cc1)c1ccc(O)cc1.C=C[C@H](/C=C\c1ccc(CO)cc1)c1ccc(O)cc1.C=C[C@H](/C=C\c1ccc(O)cc1)c1ccc(O)cc1.COc1ccc(CCCc2ccc(O)cc2)c(O)c1.O=C(/C=C/c1ccc(O)cc1)c1ccc(O)cc1O. The number of phenolic OH excluding ortho intramolecular Hbond substituents is 10. The highest BCUT2D eigenvalue weighted by Crippen LogP contribution is 2.29. The molecule has 0 aromatic heterocycles. The number of aliphatic hydroxyl groups excluding tert-OH is 1. The first-order valence-corrected chi connectivity index (χ1v) is 30.9. The number of hydrogen-bond acceptors (Lipinski definition) is 14. The van der Waals surface area contributed by atoms with Crippen molar-refractivity contribution in [1.82, 2.24) is 0 Å². The Morgan fingerprint density at radius 3 is 1.24 bits per heavy atom. The molecule has 14 nitrogen and oxygen atoms in total. The number of carbonyl (C=O) groups excluding carboxylic acids is 2. The lowest BCUT2D eigenvalue weighted by molar-refractivity contribution is 0.0977. The van der Waals surface area contributed by atoms with Crippen LogP contribution in [0.2, 0.25) is 0 Å². The van der Waals surface area contributed by atoms with Crippen LogP contribution in [-0.4, -0.2) is 74.8 Å². The highest BCUT2D eigenvalue weighted by atomic mass is 16.5. The molecular formula is C83H80O14.